The molecule has 0 amide bonds. The van der Waals surface area contributed by atoms with Crippen molar-refractivity contribution in [1.29, 1.82) is 0 Å². The number of likely N-dealkylation sites (tertiary alicyclic amines) is 1. The maximum Gasteiger partial charge on any atom is 0.178 e. The second kappa shape index (κ2) is 6.90. The van der Waals surface area contributed by atoms with Crippen LogP contribution in [-0.4, -0.2) is 41.5 Å². The Bertz CT molecular complexity index is 483. The van der Waals surface area contributed by atoms with Crippen LogP contribution in [-0.2, 0) is 0 Å². The monoisotopic (exact) mass is 315 g/mol. The lowest BCUT2D eigenvalue weighted by Crippen LogP contribution is -2.39. The van der Waals surface area contributed by atoms with Crippen LogP contribution in [0.5, 0.6) is 0 Å². The number of rotatable bonds is 4. The van der Waals surface area contributed by atoms with Gasteiger partial charge in [0.05, 0.1) is 17.7 Å². The zero-order valence-electron chi connectivity index (χ0n) is 11.5. The molecule has 3 nitrogen and oxygen atoms in total. The van der Waals surface area contributed by atoms with Crippen LogP contribution in [0, 0.1) is 5.92 Å². The lowest BCUT2D eigenvalue weighted by molar-refractivity contribution is 0.0665. The van der Waals surface area contributed by atoms with Crippen molar-refractivity contribution in [3.05, 3.63) is 33.8 Å². The number of nitrogens with zero attached hydrogens (tertiary/aromatic N) is 1. The number of hydrogen-bond acceptors (Lipinski definition) is 3. The van der Waals surface area contributed by atoms with Gasteiger partial charge < -0.3 is 5.11 Å². The summed E-state index contributed by atoms with van der Waals surface area (Å²) in [4.78, 5) is 14.4. The molecule has 1 fully saturated rings. The SMILES string of the molecule is CC(O)C1CCN(CC(=O)c2cc(Cl)ccc2Cl)CC1. The zero-order valence-corrected chi connectivity index (χ0v) is 13.0. The van der Waals surface area contributed by atoms with Gasteiger partial charge in [-0.05, 0) is 57.0 Å². The number of halogens is 2. The number of ketones is 1. The minimum atomic E-state index is -0.268. The molecule has 1 unspecified atom stereocenters. The Balaban J connectivity index is 1.94. The van der Waals surface area contributed by atoms with E-state index in [4.69, 9.17) is 23.2 Å². The Hall–Kier alpha value is -0.610. The van der Waals surface area contributed by atoms with Crippen LogP contribution < -0.4 is 0 Å². The van der Waals surface area contributed by atoms with Crippen molar-refractivity contribution in [2.45, 2.75) is 25.9 Å². The van der Waals surface area contributed by atoms with Gasteiger partial charge in [0.2, 0.25) is 0 Å². The fraction of sp³-hybridized carbons (Fsp3) is 0.533. The molecule has 2 rings (SSSR count). The number of carbonyl (C=O) groups excluding carboxylic acids is 1. The third kappa shape index (κ3) is 3.95. The topological polar surface area (TPSA) is 40.5 Å². The quantitative estimate of drug-likeness (QED) is 0.867. The first-order valence-electron chi connectivity index (χ1n) is 6.86. The van der Waals surface area contributed by atoms with Crippen molar-refractivity contribution in [3.8, 4) is 0 Å². The number of benzene rings is 1. The van der Waals surface area contributed by atoms with E-state index in [1.54, 1.807) is 18.2 Å². The molecule has 0 spiro atoms. The Morgan fingerprint density at radius 1 is 1.40 bits per heavy atom. The van der Waals surface area contributed by atoms with E-state index in [1.807, 2.05) is 6.92 Å². The highest BCUT2D eigenvalue weighted by Crippen LogP contribution is 2.23. The summed E-state index contributed by atoms with van der Waals surface area (Å²) in [6, 6.07) is 4.94. The highest BCUT2D eigenvalue weighted by Gasteiger charge is 2.24. The highest BCUT2D eigenvalue weighted by molar-refractivity contribution is 6.36. The first-order chi connectivity index (χ1) is 9.47. The van der Waals surface area contributed by atoms with Gasteiger partial charge >= 0.3 is 0 Å². The van der Waals surface area contributed by atoms with Gasteiger partial charge in [-0.3, -0.25) is 9.69 Å². The maximum atomic E-state index is 12.3. The molecule has 1 aliphatic heterocycles. The van der Waals surface area contributed by atoms with Crippen molar-refractivity contribution >= 4 is 29.0 Å². The van der Waals surface area contributed by atoms with E-state index in [9.17, 15) is 9.90 Å². The molecule has 1 atom stereocenters. The summed E-state index contributed by atoms with van der Waals surface area (Å²) >= 11 is 11.9. The molecule has 1 aliphatic rings. The minimum absolute atomic E-state index is 0.00648. The van der Waals surface area contributed by atoms with Crippen molar-refractivity contribution in [2.75, 3.05) is 19.6 Å². The molecular weight excluding hydrogens is 297 g/mol. The second-order valence-electron chi connectivity index (χ2n) is 5.40. The van der Waals surface area contributed by atoms with Gasteiger partial charge in [0.25, 0.3) is 0 Å². The zero-order chi connectivity index (χ0) is 14.7. The van der Waals surface area contributed by atoms with Crippen molar-refractivity contribution in [2.24, 2.45) is 5.92 Å². The minimum Gasteiger partial charge on any atom is -0.393 e. The Labute approximate surface area is 129 Å². The van der Waals surface area contributed by atoms with Gasteiger partial charge in [-0.1, -0.05) is 23.2 Å². The molecule has 0 radical (unpaired) electrons. The Morgan fingerprint density at radius 2 is 2.05 bits per heavy atom. The molecule has 1 saturated heterocycles. The summed E-state index contributed by atoms with van der Waals surface area (Å²) < 4.78 is 0. The molecule has 0 aromatic heterocycles. The standard InChI is InChI=1S/C15H19Cl2NO2/c1-10(19)11-4-6-18(7-5-11)9-15(20)13-8-12(16)2-3-14(13)17/h2-3,8,10-11,19H,4-7,9H2,1H3. The first kappa shape index (κ1) is 15.8. The summed E-state index contributed by atoms with van der Waals surface area (Å²) in [5.41, 5.74) is 0.483. The summed E-state index contributed by atoms with van der Waals surface area (Å²) in [5, 5.41) is 10.5. The summed E-state index contributed by atoms with van der Waals surface area (Å²) in [6.45, 7) is 3.85. The summed E-state index contributed by atoms with van der Waals surface area (Å²) in [6.07, 6.45) is 1.58. The molecule has 0 bridgehead atoms. The molecule has 1 heterocycles. The van der Waals surface area contributed by atoms with Crippen LogP contribution >= 0.6 is 23.2 Å². The third-order valence-corrected chi connectivity index (χ3v) is 4.48. The van der Waals surface area contributed by atoms with Gasteiger partial charge in [0.1, 0.15) is 0 Å². The predicted molar refractivity (Wildman–Crippen MR) is 81.6 cm³/mol. The first-order valence-corrected chi connectivity index (χ1v) is 7.61. The lowest BCUT2D eigenvalue weighted by atomic mass is 9.92. The largest absolute Gasteiger partial charge is 0.393 e. The van der Waals surface area contributed by atoms with Crippen molar-refractivity contribution in [3.63, 3.8) is 0 Å². The second-order valence-corrected chi connectivity index (χ2v) is 6.25. The molecule has 0 aliphatic carbocycles. The van der Waals surface area contributed by atoms with E-state index >= 15 is 0 Å². The van der Waals surface area contributed by atoms with Gasteiger partial charge in [-0.15, -0.1) is 0 Å². The number of piperidine rings is 1. The summed E-state index contributed by atoms with van der Waals surface area (Å²) in [7, 11) is 0. The Kier molecular flexibility index (Phi) is 5.44. The van der Waals surface area contributed by atoms with Gasteiger partial charge in [0.15, 0.2) is 5.78 Å². The van der Waals surface area contributed by atoms with Crippen LogP contribution in [0.1, 0.15) is 30.1 Å². The van der Waals surface area contributed by atoms with Crippen LogP contribution in [0.4, 0.5) is 0 Å². The molecule has 1 aromatic carbocycles. The van der Waals surface area contributed by atoms with E-state index in [2.05, 4.69) is 4.90 Å². The van der Waals surface area contributed by atoms with E-state index in [-0.39, 0.29) is 11.9 Å². The van der Waals surface area contributed by atoms with E-state index in [0.29, 0.717) is 28.1 Å². The van der Waals surface area contributed by atoms with Crippen molar-refractivity contribution < 1.29 is 9.90 Å². The van der Waals surface area contributed by atoms with Crippen LogP contribution in [0.15, 0.2) is 18.2 Å². The Morgan fingerprint density at radius 3 is 2.65 bits per heavy atom. The molecular formula is C15H19Cl2NO2. The number of aliphatic hydroxyl groups excluding tert-OH is 1. The average molecular weight is 316 g/mol. The summed E-state index contributed by atoms with van der Waals surface area (Å²) in [5.74, 6) is 0.337. The number of carbonyl (C=O) groups is 1. The normalized spacial score (nSPS) is 19.0. The third-order valence-electron chi connectivity index (χ3n) is 3.91. The van der Waals surface area contributed by atoms with Crippen LogP contribution in [0.3, 0.4) is 0 Å². The van der Waals surface area contributed by atoms with Crippen LogP contribution in [0.2, 0.25) is 10.0 Å². The maximum absolute atomic E-state index is 12.3. The fourth-order valence-electron chi connectivity index (χ4n) is 2.59. The number of Topliss-reactive ketones (excluding diaryl/α,β-unsaturated/α-hetero) is 1. The molecule has 5 heteroatoms. The number of aliphatic hydroxyl groups is 1. The smallest absolute Gasteiger partial charge is 0.178 e. The highest BCUT2D eigenvalue weighted by atomic mass is 35.5. The van der Waals surface area contributed by atoms with E-state index < -0.39 is 0 Å². The molecule has 20 heavy (non-hydrogen) atoms. The fourth-order valence-corrected chi connectivity index (χ4v) is 2.99. The van der Waals surface area contributed by atoms with Crippen molar-refractivity contribution in [1.82, 2.24) is 4.90 Å². The van der Waals surface area contributed by atoms with Crippen LogP contribution in [0.25, 0.3) is 0 Å². The molecule has 110 valence electrons. The average Bonchev–Trinajstić information content (AvgIpc) is 2.42. The van der Waals surface area contributed by atoms with Gasteiger partial charge in [0, 0.05) is 10.6 Å². The molecule has 1 N–H and O–H groups in total. The number of hydrogen-bond donors (Lipinski definition) is 1. The molecule has 0 saturated carbocycles. The predicted octanol–water partition coefficient (Wildman–Crippen LogP) is 3.27. The lowest BCUT2D eigenvalue weighted by Gasteiger charge is -2.32. The van der Waals surface area contributed by atoms with Gasteiger partial charge in [-0.2, -0.15) is 0 Å². The van der Waals surface area contributed by atoms with Gasteiger partial charge in [-0.25, -0.2) is 0 Å². The van der Waals surface area contributed by atoms with E-state index in [0.717, 1.165) is 25.9 Å². The van der Waals surface area contributed by atoms with E-state index in [1.165, 1.54) is 0 Å². The molecule has 1 aromatic rings.